The van der Waals surface area contributed by atoms with Crippen LogP contribution in [-0.4, -0.2) is 31.3 Å². The van der Waals surface area contributed by atoms with E-state index in [2.05, 4.69) is 0 Å². The van der Waals surface area contributed by atoms with Crippen LogP contribution in [0.2, 0.25) is 0 Å². The van der Waals surface area contributed by atoms with Crippen molar-refractivity contribution in [1.29, 1.82) is 0 Å². The Bertz CT molecular complexity index is 156. The molecule has 0 unspecified atom stereocenters. The first-order valence-corrected chi connectivity index (χ1v) is 4.28. The van der Waals surface area contributed by atoms with Crippen LogP contribution in [0.4, 0.5) is 0 Å². The smallest absolute Gasteiger partial charge is 0.323 e. The third-order valence-corrected chi connectivity index (χ3v) is 1.79. The minimum Gasteiger partial charge on any atom is -0.456 e. The number of ether oxygens (including phenoxy) is 2. The Balaban J connectivity index is 2.16. The van der Waals surface area contributed by atoms with Crippen molar-refractivity contribution in [2.24, 2.45) is 5.73 Å². The topological polar surface area (TPSA) is 61.6 Å². The van der Waals surface area contributed by atoms with Gasteiger partial charge in [-0.3, -0.25) is 4.79 Å². The van der Waals surface area contributed by atoms with Gasteiger partial charge in [0.25, 0.3) is 0 Å². The van der Waals surface area contributed by atoms with Gasteiger partial charge in [-0.15, -0.1) is 0 Å². The molecule has 0 aromatic carbocycles. The number of rotatable bonds is 4. The second-order valence-corrected chi connectivity index (χ2v) is 2.99. The highest BCUT2D eigenvalue weighted by molar-refractivity contribution is 5.75. The summed E-state index contributed by atoms with van der Waals surface area (Å²) in [6.07, 6.45) is 1.53. The third-order valence-electron chi connectivity index (χ3n) is 1.79. The van der Waals surface area contributed by atoms with Crippen molar-refractivity contribution in [2.75, 3.05) is 13.2 Å². The molecule has 0 amide bonds. The molecule has 1 aliphatic rings. The fourth-order valence-electron chi connectivity index (χ4n) is 0.963. The molecular formula is C8H15NO3. The van der Waals surface area contributed by atoms with E-state index < -0.39 is 6.04 Å². The summed E-state index contributed by atoms with van der Waals surface area (Å²) < 4.78 is 9.87. The van der Waals surface area contributed by atoms with E-state index in [0.29, 0.717) is 19.6 Å². The molecule has 0 saturated carbocycles. The molecule has 1 saturated heterocycles. The van der Waals surface area contributed by atoms with E-state index in [-0.39, 0.29) is 12.1 Å². The lowest BCUT2D eigenvalue weighted by Crippen LogP contribution is -2.42. The van der Waals surface area contributed by atoms with E-state index in [1.54, 1.807) is 0 Å². The predicted molar refractivity (Wildman–Crippen MR) is 43.6 cm³/mol. The van der Waals surface area contributed by atoms with Crippen LogP contribution < -0.4 is 5.73 Å². The quantitative estimate of drug-likeness (QED) is 0.610. The Morgan fingerprint density at radius 2 is 2.42 bits per heavy atom. The molecule has 70 valence electrons. The van der Waals surface area contributed by atoms with Crippen molar-refractivity contribution < 1.29 is 14.3 Å². The first-order chi connectivity index (χ1) is 5.74. The van der Waals surface area contributed by atoms with Gasteiger partial charge in [-0.1, -0.05) is 13.3 Å². The van der Waals surface area contributed by atoms with Gasteiger partial charge in [0.15, 0.2) is 0 Å². The first-order valence-electron chi connectivity index (χ1n) is 4.28. The zero-order valence-electron chi connectivity index (χ0n) is 7.29. The molecule has 0 aliphatic carbocycles. The maximum Gasteiger partial charge on any atom is 0.323 e. The zero-order valence-corrected chi connectivity index (χ0v) is 7.29. The number of hydrogen-bond donors (Lipinski definition) is 1. The van der Waals surface area contributed by atoms with Gasteiger partial charge in [-0.2, -0.15) is 0 Å². The maximum atomic E-state index is 11.1. The molecule has 0 aromatic rings. The predicted octanol–water partition coefficient (Wildman–Crippen LogP) is 0.0558. The van der Waals surface area contributed by atoms with Crippen molar-refractivity contribution in [2.45, 2.75) is 31.9 Å². The summed E-state index contributed by atoms with van der Waals surface area (Å²) in [5.41, 5.74) is 5.54. The van der Waals surface area contributed by atoms with Gasteiger partial charge in [0, 0.05) is 0 Å². The van der Waals surface area contributed by atoms with E-state index in [9.17, 15) is 4.79 Å². The summed E-state index contributed by atoms with van der Waals surface area (Å²) in [6, 6.07) is -0.462. The highest BCUT2D eigenvalue weighted by Gasteiger charge is 2.25. The number of hydrogen-bond acceptors (Lipinski definition) is 4. The lowest BCUT2D eigenvalue weighted by atomic mass is 10.2. The number of nitrogens with two attached hydrogens (primary N) is 1. The average Bonchev–Trinajstić information content (AvgIpc) is 1.97. The Kier molecular flexibility index (Phi) is 3.49. The first kappa shape index (κ1) is 9.48. The van der Waals surface area contributed by atoms with Crippen molar-refractivity contribution in [1.82, 2.24) is 0 Å². The molecule has 1 heterocycles. The van der Waals surface area contributed by atoms with Crippen LogP contribution in [0.1, 0.15) is 19.8 Å². The highest BCUT2D eigenvalue weighted by Crippen LogP contribution is 2.07. The summed E-state index contributed by atoms with van der Waals surface area (Å²) in [7, 11) is 0. The summed E-state index contributed by atoms with van der Waals surface area (Å²) in [6.45, 7) is 3.02. The Morgan fingerprint density at radius 1 is 1.75 bits per heavy atom. The van der Waals surface area contributed by atoms with E-state index >= 15 is 0 Å². The van der Waals surface area contributed by atoms with Gasteiger partial charge in [0.1, 0.15) is 12.1 Å². The van der Waals surface area contributed by atoms with Crippen molar-refractivity contribution in [3.63, 3.8) is 0 Å². The monoisotopic (exact) mass is 173 g/mol. The fourth-order valence-corrected chi connectivity index (χ4v) is 0.963. The number of carbonyl (C=O) groups is 1. The van der Waals surface area contributed by atoms with Crippen LogP contribution in [0.3, 0.4) is 0 Å². The number of carbonyl (C=O) groups excluding carboxylic acids is 1. The highest BCUT2D eigenvalue weighted by atomic mass is 16.6. The molecule has 4 heteroatoms. The molecule has 0 bridgehead atoms. The van der Waals surface area contributed by atoms with E-state index in [1.807, 2.05) is 6.92 Å². The SMILES string of the molecule is CCC[C@@H](N)C(=O)OC1COC1. The Hall–Kier alpha value is -0.610. The van der Waals surface area contributed by atoms with E-state index in [1.165, 1.54) is 0 Å². The van der Waals surface area contributed by atoms with Crippen molar-refractivity contribution in [3.05, 3.63) is 0 Å². The Morgan fingerprint density at radius 3 is 2.83 bits per heavy atom. The Labute approximate surface area is 72.0 Å². The normalized spacial score (nSPS) is 19.8. The second-order valence-electron chi connectivity index (χ2n) is 2.99. The molecule has 0 spiro atoms. The van der Waals surface area contributed by atoms with Crippen LogP contribution in [0.5, 0.6) is 0 Å². The molecule has 1 fully saturated rings. The standard InChI is InChI=1S/C8H15NO3/c1-2-3-7(9)8(10)12-6-4-11-5-6/h6-7H,2-5,9H2,1H3/t7-/m1/s1. The van der Waals surface area contributed by atoms with Crippen molar-refractivity contribution >= 4 is 5.97 Å². The fraction of sp³-hybridized carbons (Fsp3) is 0.875. The molecule has 0 radical (unpaired) electrons. The van der Waals surface area contributed by atoms with Crippen molar-refractivity contribution in [3.8, 4) is 0 Å². The minimum absolute atomic E-state index is 0.0552. The molecule has 1 aliphatic heterocycles. The van der Waals surface area contributed by atoms with Gasteiger partial charge >= 0.3 is 5.97 Å². The van der Waals surface area contributed by atoms with Gasteiger partial charge in [0.2, 0.25) is 0 Å². The lowest BCUT2D eigenvalue weighted by molar-refractivity contribution is -0.173. The molecule has 4 nitrogen and oxygen atoms in total. The van der Waals surface area contributed by atoms with Crippen LogP contribution >= 0.6 is 0 Å². The van der Waals surface area contributed by atoms with Gasteiger partial charge in [-0.05, 0) is 6.42 Å². The molecule has 1 atom stereocenters. The van der Waals surface area contributed by atoms with Crippen LogP contribution in [-0.2, 0) is 14.3 Å². The molecule has 12 heavy (non-hydrogen) atoms. The third kappa shape index (κ3) is 2.46. The summed E-state index contributed by atoms with van der Waals surface area (Å²) >= 11 is 0. The molecule has 1 rings (SSSR count). The summed E-state index contributed by atoms with van der Waals surface area (Å²) in [5, 5.41) is 0. The summed E-state index contributed by atoms with van der Waals surface area (Å²) in [4.78, 5) is 11.1. The number of esters is 1. The lowest BCUT2D eigenvalue weighted by Gasteiger charge is -2.26. The van der Waals surface area contributed by atoms with E-state index in [4.69, 9.17) is 15.2 Å². The van der Waals surface area contributed by atoms with Crippen LogP contribution in [0.15, 0.2) is 0 Å². The summed E-state index contributed by atoms with van der Waals surface area (Å²) in [5.74, 6) is -0.301. The van der Waals surface area contributed by atoms with Crippen LogP contribution in [0, 0.1) is 0 Å². The maximum absolute atomic E-state index is 11.1. The molecular weight excluding hydrogens is 158 g/mol. The van der Waals surface area contributed by atoms with Gasteiger partial charge in [-0.25, -0.2) is 0 Å². The zero-order chi connectivity index (χ0) is 8.97. The van der Waals surface area contributed by atoms with Gasteiger partial charge < -0.3 is 15.2 Å². The largest absolute Gasteiger partial charge is 0.456 e. The molecule has 0 aromatic heterocycles. The molecule has 2 N–H and O–H groups in total. The average molecular weight is 173 g/mol. The van der Waals surface area contributed by atoms with Crippen LogP contribution in [0.25, 0.3) is 0 Å². The van der Waals surface area contributed by atoms with E-state index in [0.717, 1.165) is 6.42 Å². The van der Waals surface area contributed by atoms with Gasteiger partial charge in [0.05, 0.1) is 13.2 Å². The minimum atomic E-state index is -0.462. The second kappa shape index (κ2) is 4.42.